The second kappa shape index (κ2) is 10.6. The lowest BCUT2D eigenvalue weighted by Crippen LogP contribution is -2.37. The van der Waals surface area contributed by atoms with Crippen molar-refractivity contribution in [1.29, 1.82) is 0 Å². The Bertz CT molecular complexity index is 1110. The number of piperidine rings is 1. The zero-order valence-corrected chi connectivity index (χ0v) is 20.4. The predicted molar refractivity (Wildman–Crippen MR) is 132 cm³/mol. The summed E-state index contributed by atoms with van der Waals surface area (Å²) in [6, 6.07) is 7.70. The van der Waals surface area contributed by atoms with Gasteiger partial charge < -0.3 is 29.9 Å². The van der Waals surface area contributed by atoms with Crippen LogP contribution in [0.2, 0.25) is 0 Å². The second-order valence-electron chi connectivity index (χ2n) is 9.13. The molecule has 3 heterocycles. The van der Waals surface area contributed by atoms with E-state index in [0.29, 0.717) is 18.0 Å². The lowest BCUT2D eigenvalue weighted by Gasteiger charge is -2.31. The topological polar surface area (TPSA) is 104 Å². The molecule has 9 nitrogen and oxygen atoms in total. The zero-order chi connectivity index (χ0) is 24.2. The van der Waals surface area contributed by atoms with E-state index in [1.165, 1.54) is 0 Å². The van der Waals surface area contributed by atoms with Gasteiger partial charge in [0.05, 0.1) is 25.1 Å². The third kappa shape index (κ3) is 5.27. The number of methoxy groups -OCH3 is 1. The van der Waals surface area contributed by atoms with Gasteiger partial charge in [0, 0.05) is 42.9 Å². The summed E-state index contributed by atoms with van der Waals surface area (Å²) in [6.45, 7) is 6.40. The lowest BCUT2D eigenvalue weighted by atomic mass is 10.1. The molecular formula is C25H35N5O4. The SMILES string of the molecule is CNCC(O)COc1cc(OC)cc(-c2cc(N3CCC(O)CC3)n3ncc(C(C)C)c3n2)c1. The quantitative estimate of drug-likeness (QED) is 0.439. The first kappa shape index (κ1) is 24.3. The fraction of sp³-hybridized carbons (Fsp3) is 0.520. The summed E-state index contributed by atoms with van der Waals surface area (Å²) >= 11 is 0. The molecule has 34 heavy (non-hydrogen) atoms. The number of aromatic nitrogens is 3. The molecule has 3 aromatic rings. The first-order valence-corrected chi connectivity index (χ1v) is 11.9. The molecule has 0 radical (unpaired) electrons. The highest BCUT2D eigenvalue weighted by molar-refractivity contribution is 5.71. The van der Waals surface area contributed by atoms with Crippen LogP contribution >= 0.6 is 0 Å². The molecule has 9 heteroatoms. The molecule has 0 spiro atoms. The molecular weight excluding hydrogens is 434 g/mol. The molecule has 1 fully saturated rings. The molecule has 4 rings (SSSR count). The molecule has 1 aliphatic heterocycles. The van der Waals surface area contributed by atoms with Gasteiger partial charge in [0.2, 0.25) is 0 Å². The minimum atomic E-state index is -0.615. The Morgan fingerprint density at radius 3 is 2.56 bits per heavy atom. The fourth-order valence-electron chi connectivity index (χ4n) is 4.25. The Balaban J connectivity index is 1.77. The number of hydrogen-bond acceptors (Lipinski definition) is 8. The smallest absolute Gasteiger partial charge is 0.161 e. The average Bonchev–Trinajstić information content (AvgIpc) is 3.27. The molecule has 0 bridgehead atoms. The Labute approximate surface area is 200 Å². The molecule has 0 saturated carbocycles. The van der Waals surface area contributed by atoms with Gasteiger partial charge in [-0.1, -0.05) is 13.8 Å². The Kier molecular flexibility index (Phi) is 7.55. The van der Waals surface area contributed by atoms with E-state index in [2.05, 4.69) is 29.2 Å². The van der Waals surface area contributed by atoms with Crippen molar-refractivity contribution in [2.24, 2.45) is 0 Å². The molecule has 1 aliphatic rings. The van der Waals surface area contributed by atoms with Crippen LogP contribution in [0.15, 0.2) is 30.5 Å². The number of nitrogens with one attached hydrogen (secondary N) is 1. The van der Waals surface area contributed by atoms with E-state index in [9.17, 15) is 10.2 Å². The maximum absolute atomic E-state index is 10.0. The van der Waals surface area contributed by atoms with Gasteiger partial charge in [-0.25, -0.2) is 4.98 Å². The number of nitrogens with zero attached hydrogens (tertiary/aromatic N) is 4. The van der Waals surface area contributed by atoms with Crippen molar-refractivity contribution < 1.29 is 19.7 Å². The standard InChI is InChI=1S/C25H35N5O4/c1-16(2)22-14-27-30-24(29-7-5-18(31)6-8-29)12-23(28-25(22)30)17-9-20(33-4)11-21(10-17)34-15-19(32)13-26-3/h9-12,14,16,18-19,26,31-32H,5-8,13,15H2,1-4H3. The van der Waals surface area contributed by atoms with Crippen LogP contribution < -0.4 is 19.7 Å². The number of fused-ring (bicyclic) bond motifs is 1. The van der Waals surface area contributed by atoms with Crippen LogP contribution in [-0.2, 0) is 0 Å². The van der Waals surface area contributed by atoms with E-state index in [0.717, 1.165) is 54.2 Å². The number of hydrogen-bond donors (Lipinski definition) is 3. The Morgan fingerprint density at radius 2 is 1.88 bits per heavy atom. The number of benzene rings is 1. The van der Waals surface area contributed by atoms with Crippen LogP contribution in [0.4, 0.5) is 5.82 Å². The molecule has 0 aliphatic carbocycles. The van der Waals surface area contributed by atoms with E-state index in [4.69, 9.17) is 14.5 Å². The predicted octanol–water partition coefficient (Wildman–Crippen LogP) is 2.45. The summed E-state index contributed by atoms with van der Waals surface area (Å²) in [5.41, 5.74) is 3.54. The number of rotatable bonds is 9. The normalized spacial score (nSPS) is 15.8. The van der Waals surface area contributed by atoms with E-state index in [-0.39, 0.29) is 18.6 Å². The monoisotopic (exact) mass is 469 g/mol. The van der Waals surface area contributed by atoms with Crippen molar-refractivity contribution in [3.63, 3.8) is 0 Å². The summed E-state index contributed by atoms with van der Waals surface area (Å²) in [6.07, 6.45) is 2.47. The first-order chi connectivity index (χ1) is 16.4. The molecule has 1 unspecified atom stereocenters. The van der Waals surface area contributed by atoms with E-state index < -0.39 is 6.10 Å². The number of likely N-dealkylation sites (N-methyl/N-ethyl adjacent to an activating group) is 1. The maximum Gasteiger partial charge on any atom is 0.161 e. The Morgan fingerprint density at radius 1 is 1.15 bits per heavy atom. The summed E-state index contributed by atoms with van der Waals surface area (Å²) in [5.74, 6) is 2.48. The second-order valence-corrected chi connectivity index (χ2v) is 9.13. The highest BCUT2D eigenvalue weighted by Gasteiger charge is 2.23. The van der Waals surface area contributed by atoms with Gasteiger partial charge in [0.15, 0.2) is 5.65 Å². The zero-order valence-electron chi connectivity index (χ0n) is 20.4. The summed E-state index contributed by atoms with van der Waals surface area (Å²) < 4.78 is 13.3. The number of ether oxygens (including phenoxy) is 2. The number of anilines is 1. The first-order valence-electron chi connectivity index (χ1n) is 11.9. The average molecular weight is 470 g/mol. The van der Waals surface area contributed by atoms with Crippen LogP contribution in [0, 0.1) is 0 Å². The van der Waals surface area contributed by atoms with Crippen LogP contribution in [0.25, 0.3) is 16.9 Å². The van der Waals surface area contributed by atoms with Crippen molar-refractivity contribution in [1.82, 2.24) is 19.9 Å². The highest BCUT2D eigenvalue weighted by Crippen LogP contribution is 2.33. The number of aliphatic hydroxyl groups is 2. The van der Waals surface area contributed by atoms with Crippen molar-refractivity contribution in [2.45, 2.75) is 44.8 Å². The molecule has 1 saturated heterocycles. The molecule has 184 valence electrons. The van der Waals surface area contributed by atoms with Gasteiger partial charge in [-0.05, 0) is 37.9 Å². The van der Waals surface area contributed by atoms with Gasteiger partial charge in [0.1, 0.15) is 30.0 Å². The maximum atomic E-state index is 10.0. The summed E-state index contributed by atoms with van der Waals surface area (Å²) in [7, 11) is 3.41. The number of aliphatic hydroxyl groups excluding tert-OH is 2. The van der Waals surface area contributed by atoms with Crippen molar-refractivity contribution in [3.8, 4) is 22.8 Å². The third-order valence-corrected chi connectivity index (χ3v) is 6.18. The van der Waals surface area contributed by atoms with E-state index in [1.54, 1.807) is 20.2 Å². The van der Waals surface area contributed by atoms with Crippen LogP contribution in [0.5, 0.6) is 11.5 Å². The summed E-state index contributed by atoms with van der Waals surface area (Å²) in [5, 5.41) is 27.6. The van der Waals surface area contributed by atoms with Crippen molar-refractivity contribution in [2.75, 3.05) is 45.3 Å². The van der Waals surface area contributed by atoms with E-state index >= 15 is 0 Å². The van der Waals surface area contributed by atoms with Crippen LogP contribution in [0.3, 0.4) is 0 Å². The lowest BCUT2D eigenvalue weighted by molar-refractivity contribution is 0.108. The molecule has 0 amide bonds. The minimum absolute atomic E-state index is 0.168. The van der Waals surface area contributed by atoms with Gasteiger partial charge in [0.25, 0.3) is 0 Å². The van der Waals surface area contributed by atoms with Gasteiger partial charge >= 0.3 is 0 Å². The van der Waals surface area contributed by atoms with Crippen molar-refractivity contribution >= 4 is 11.5 Å². The van der Waals surface area contributed by atoms with Crippen LogP contribution in [0.1, 0.15) is 38.2 Å². The van der Waals surface area contributed by atoms with E-state index in [1.807, 2.05) is 28.9 Å². The van der Waals surface area contributed by atoms with Crippen molar-refractivity contribution in [3.05, 3.63) is 36.0 Å². The van der Waals surface area contributed by atoms with Crippen LogP contribution in [-0.4, -0.2) is 77.4 Å². The minimum Gasteiger partial charge on any atom is -0.497 e. The van der Waals surface area contributed by atoms with Gasteiger partial charge in [-0.15, -0.1) is 0 Å². The molecule has 1 atom stereocenters. The molecule has 1 aromatic carbocycles. The third-order valence-electron chi connectivity index (χ3n) is 6.18. The van der Waals surface area contributed by atoms with Gasteiger partial charge in [-0.2, -0.15) is 9.61 Å². The molecule has 3 N–H and O–H groups in total. The largest absolute Gasteiger partial charge is 0.497 e. The van der Waals surface area contributed by atoms with Gasteiger partial charge in [-0.3, -0.25) is 0 Å². The fourth-order valence-corrected chi connectivity index (χ4v) is 4.25. The summed E-state index contributed by atoms with van der Waals surface area (Å²) in [4.78, 5) is 7.25. The highest BCUT2D eigenvalue weighted by atomic mass is 16.5. The Hall–Kier alpha value is -2.88. The molecule has 2 aromatic heterocycles.